The third kappa shape index (κ3) is 4.27. The highest BCUT2D eigenvalue weighted by atomic mass is 16.5. The molecule has 1 saturated carbocycles. The number of hydrogen-bond acceptors (Lipinski definition) is 4. The molecule has 35 heavy (non-hydrogen) atoms. The quantitative estimate of drug-likeness (QED) is 0.347. The number of nitrogens with one attached hydrogen (secondary N) is 2. The molecule has 5 rings (SSSR count). The number of methoxy groups -OCH3 is 2. The summed E-state index contributed by atoms with van der Waals surface area (Å²) in [5.74, 6) is 0.628. The largest absolute Gasteiger partial charge is 0.497 e. The van der Waals surface area contributed by atoms with Crippen molar-refractivity contribution in [1.29, 1.82) is 0 Å². The zero-order chi connectivity index (χ0) is 24.5. The van der Waals surface area contributed by atoms with Crippen LogP contribution in [0.3, 0.4) is 0 Å². The standard InChI is InChI=1S/C28H31N3O4/c1-17-26(22-15-21(35-3)13-14-23(22)29-17)27(28(33)18-9-11-20(34-2)12-10-18)24-16-25(32)31(30-24)19-7-5-4-6-8-19/h9-16,19,27,29-30H,4-8H2,1-3H3. The lowest BCUT2D eigenvalue weighted by Crippen LogP contribution is -2.24. The molecule has 0 aliphatic heterocycles. The fourth-order valence-corrected chi connectivity index (χ4v) is 5.36. The van der Waals surface area contributed by atoms with E-state index in [9.17, 15) is 9.59 Å². The molecule has 1 aliphatic rings. The number of nitrogens with zero attached hydrogens (tertiary/aromatic N) is 1. The Morgan fingerprint density at radius 3 is 2.34 bits per heavy atom. The van der Waals surface area contributed by atoms with Crippen LogP contribution in [0.25, 0.3) is 10.9 Å². The van der Waals surface area contributed by atoms with Crippen LogP contribution in [-0.4, -0.2) is 34.8 Å². The lowest BCUT2D eigenvalue weighted by Gasteiger charge is -2.22. The Kier molecular flexibility index (Phi) is 6.24. The van der Waals surface area contributed by atoms with Crippen LogP contribution in [0.2, 0.25) is 0 Å². The molecule has 1 aliphatic carbocycles. The predicted molar refractivity (Wildman–Crippen MR) is 136 cm³/mol. The summed E-state index contributed by atoms with van der Waals surface area (Å²) in [4.78, 5) is 30.6. The molecule has 0 amide bonds. The minimum absolute atomic E-state index is 0.0866. The highest BCUT2D eigenvalue weighted by Gasteiger charge is 2.31. The van der Waals surface area contributed by atoms with Gasteiger partial charge in [-0.1, -0.05) is 19.3 Å². The lowest BCUT2D eigenvalue weighted by molar-refractivity contribution is 0.0972. The second-order valence-corrected chi connectivity index (χ2v) is 9.31. The summed E-state index contributed by atoms with van der Waals surface area (Å²) in [6.07, 6.45) is 5.37. The number of Topliss-reactive ketones (excluding diaryl/α,β-unsaturated/α-hetero) is 1. The predicted octanol–water partition coefficient (Wildman–Crippen LogP) is 5.50. The Hall–Kier alpha value is -3.74. The van der Waals surface area contributed by atoms with E-state index in [0.717, 1.165) is 47.8 Å². The van der Waals surface area contributed by atoms with Crippen LogP contribution < -0.4 is 15.0 Å². The number of benzene rings is 2. The SMILES string of the molecule is COc1ccc(C(=O)C(c2cc(=O)n(C3CCCCC3)[nH]2)c2c(C)[nH]c3ccc(OC)cc23)cc1. The first-order valence-electron chi connectivity index (χ1n) is 12.2. The van der Waals surface area contributed by atoms with Gasteiger partial charge in [-0.25, -0.2) is 4.68 Å². The number of aromatic nitrogens is 3. The number of carbonyl (C=O) groups excluding carboxylic acids is 1. The molecule has 1 fully saturated rings. The van der Waals surface area contributed by atoms with Crippen LogP contribution in [0.1, 0.15) is 71.4 Å². The Labute approximate surface area is 204 Å². The van der Waals surface area contributed by atoms with Crippen molar-refractivity contribution in [2.24, 2.45) is 0 Å². The molecule has 1 atom stereocenters. The fraction of sp³-hybridized carbons (Fsp3) is 0.357. The molecular weight excluding hydrogens is 442 g/mol. The number of ketones is 1. The molecular formula is C28H31N3O4. The molecule has 0 radical (unpaired) electrons. The van der Waals surface area contributed by atoms with Gasteiger partial charge in [0, 0.05) is 28.2 Å². The normalized spacial score (nSPS) is 15.3. The van der Waals surface area contributed by atoms with Gasteiger partial charge in [0.1, 0.15) is 11.5 Å². The van der Waals surface area contributed by atoms with Gasteiger partial charge in [-0.2, -0.15) is 0 Å². The molecule has 2 heterocycles. The monoisotopic (exact) mass is 473 g/mol. The highest BCUT2D eigenvalue weighted by molar-refractivity contribution is 6.05. The fourth-order valence-electron chi connectivity index (χ4n) is 5.36. The van der Waals surface area contributed by atoms with Crippen molar-refractivity contribution in [2.45, 2.75) is 51.0 Å². The summed E-state index contributed by atoms with van der Waals surface area (Å²) in [6.45, 7) is 1.96. The molecule has 0 saturated heterocycles. The molecule has 4 aromatic rings. The zero-order valence-electron chi connectivity index (χ0n) is 20.4. The van der Waals surface area contributed by atoms with Crippen molar-refractivity contribution < 1.29 is 14.3 Å². The number of hydrogen-bond donors (Lipinski definition) is 2. The van der Waals surface area contributed by atoms with Crippen LogP contribution in [0.15, 0.2) is 53.3 Å². The first kappa shape index (κ1) is 23.0. The van der Waals surface area contributed by atoms with E-state index in [0.29, 0.717) is 22.8 Å². The van der Waals surface area contributed by atoms with E-state index < -0.39 is 5.92 Å². The Bertz CT molecular complexity index is 1400. The number of rotatable bonds is 7. The third-order valence-electron chi connectivity index (χ3n) is 7.19. The van der Waals surface area contributed by atoms with E-state index in [1.165, 1.54) is 6.42 Å². The van der Waals surface area contributed by atoms with Crippen molar-refractivity contribution in [1.82, 2.24) is 14.8 Å². The summed E-state index contributed by atoms with van der Waals surface area (Å²) < 4.78 is 12.5. The summed E-state index contributed by atoms with van der Waals surface area (Å²) in [7, 11) is 3.23. The van der Waals surface area contributed by atoms with Crippen LogP contribution in [0.4, 0.5) is 0 Å². The average molecular weight is 474 g/mol. The maximum Gasteiger partial charge on any atom is 0.267 e. The van der Waals surface area contributed by atoms with Crippen LogP contribution >= 0.6 is 0 Å². The smallest absolute Gasteiger partial charge is 0.267 e. The summed E-state index contributed by atoms with van der Waals surface area (Å²) >= 11 is 0. The van der Waals surface area contributed by atoms with Gasteiger partial charge in [0.05, 0.1) is 31.9 Å². The minimum Gasteiger partial charge on any atom is -0.497 e. The first-order valence-corrected chi connectivity index (χ1v) is 12.2. The highest BCUT2D eigenvalue weighted by Crippen LogP contribution is 2.37. The molecule has 7 heteroatoms. The minimum atomic E-state index is -0.679. The molecule has 182 valence electrons. The van der Waals surface area contributed by atoms with Gasteiger partial charge in [-0.3, -0.25) is 14.7 Å². The van der Waals surface area contributed by atoms with E-state index >= 15 is 0 Å². The summed E-state index contributed by atoms with van der Waals surface area (Å²) in [5.41, 5.74) is 3.71. The van der Waals surface area contributed by atoms with Crippen molar-refractivity contribution in [3.8, 4) is 11.5 Å². The van der Waals surface area contributed by atoms with Crippen molar-refractivity contribution in [2.75, 3.05) is 14.2 Å². The van der Waals surface area contributed by atoms with Crippen molar-refractivity contribution >= 4 is 16.7 Å². The lowest BCUT2D eigenvalue weighted by atomic mass is 9.86. The van der Waals surface area contributed by atoms with E-state index in [4.69, 9.17) is 9.47 Å². The van der Waals surface area contributed by atoms with Gasteiger partial charge in [-0.05, 0) is 67.8 Å². The molecule has 0 spiro atoms. The number of fused-ring (bicyclic) bond motifs is 1. The second-order valence-electron chi connectivity index (χ2n) is 9.31. The van der Waals surface area contributed by atoms with Crippen LogP contribution in [0, 0.1) is 6.92 Å². The van der Waals surface area contributed by atoms with Gasteiger partial charge >= 0.3 is 0 Å². The van der Waals surface area contributed by atoms with E-state index in [-0.39, 0.29) is 17.4 Å². The third-order valence-corrected chi connectivity index (χ3v) is 7.19. The molecule has 7 nitrogen and oxygen atoms in total. The summed E-state index contributed by atoms with van der Waals surface area (Å²) in [5, 5.41) is 4.25. The zero-order valence-corrected chi connectivity index (χ0v) is 20.4. The molecule has 0 bridgehead atoms. The van der Waals surface area contributed by atoms with Gasteiger partial charge in [-0.15, -0.1) is 0 Å². The van der Waals surface area contributed by atoms with Gasteiger partial charge in [0.15, 0.2) is 5.78 Å². The number of H-pyrrole nitrogens is 2. The number of aryl methyl sites for hydroxylation is 1. The maximum atomic E-state index is 14.1. The molecule has 2 N–H and O–H groups in total. The molecule has 2 aromatic heterocycles. The van der Waals surface area contributed by atoms with Gasteiger partial charge in [0.2, 0.25) is 0 Å². The topological polar surface area (TPSA) is 89.1 Å². The van der Waals surface area contributed by atoms with Crippen molar-refractivity contribution in [3.63, 3.8) is 0 Å². The van der Waals surface area contributed by atoms with Crippen molar-refractivity contribution in [3.05, 3.63) is 81.4 Å². The first-order chi connectivity index (χ1) is 17.0. The van der Waals surface area contributed by atoms with Gasteiger partial charge < -0.3 is 14.5 Å². The number of ether oxygens (including phenoxy) is 2. The number of aromatic amines is 2. The Morgan fingerprint density at radius 1 is 0.971 bits per heavy atom. The maximum absolute atomic E-state index is 14.1. The van der Waals surface area contributed by atoms with Crippen LogP contribution in [0.5, 0.6) is 11.5 Å². The van der Waals surface area contributed by atoms with E-state index in [2.05, 4.69) is 10.1 Å². The van der Waals surface area contributed by atoms with Crippen LogP contribution in [-0.2, 0) is 0 Å². The molecule has 2 aromatic carbocycles. The molecule has 1 unspecified atom stereocenters. The summed E-state index contributed by atoms with van der Waals surface area (Å²) in [6, 6.07) is 14.6. The van der Waals surface area contributed by atoms with E-state index in [1.54, 1.807) is 49.2 Å². The average Bonchev–Trinajstić information content (AvgIpc) is 3.43. The Morgan fingerprint density at radius 2 is 1.66 bits per heavy atom. The second kappa shape index (κ2) is 9.49. The number of carbonyl (C=O) groups is 1. The van der Waals surface area contributed by atoms with Gasteiger partial charge in [0.25, 0.3) is 5.56 Å². The Balaban J connectivity index is 1.67. The van der Waals surface area contributed by atoms with E-state index in [1.807, 2.05) is 25.1 Å².